The SMILES string of the molecule is CC(C)CC1CSC(=NCc2ccncc2)N1. The number of nitrogens with zero attached hydrogens (tertiary/aromatic N) is 2. The lowest BCUT2D eigenvalue weighted by Gasteiger charge is -2.11. The number of aromatic nitrogens is 1. The van der Waals surface area contributed by atoms with Crippen molar-refractivity contribution >= 4 is 16.9 Å². The highest BCUT2D eigenvalue weighted by Crippen LogP contribution is 2.19. The minimum Gasteiger partial charge on any atom is -0.361 e. The Hall–Kier alpha value is -1.03. The number of aliphatic imine (C=N–C) groups is 1. The Kier molecular flexibility index (Phi) is 4.42. The van der Waals surface area contributed by atoms with Gasteiger partial charge in [-0.15, -0.1) is 0 Å². The standard InChI is InChI=1S/C13H19N3S/c1-10(2)7-12-9-17-13(16-12)15-8-11-3-5-14-6-4-11/h3-6,10,12H,7-9H2,1-2H3,(H,15,16). The molecule has 0 aromatic carbocycles. The zero-order chi connectivity index (χ0) is 12.1. The Morgan fingerprint density at radius 2 is 2.24 bits per heavy atom. The van der Waals surface area contributed by atoms with Gasteiger partial charge in [-0.25, -0.2) is 0 Å². The maximum Gasteiger partial charge on any atom is 0.157 e. The molecular formula is C13H19N3S. The van der Waals surface area contributed by atoms with Gasteiger partial charge in [0, 0.05) is 24.2 Å². The predicted octanol–water partition coefficient (Wildman–Crippen LogP) is 2.69. The normalized spacial score (nSPS) is 22.1. The number of pyridine rings is 1. The van der Waals surface area contributed by atoms with Gasteiger partial charge >= 0.3 is 0 Å². The Labute approximate surface area is 107 Å². The van der Waals surface area contributed by atoms with Crippen molar-refractivity contribution < 1.29 is 0 Å². The third kappa shape index (κ3) is 4.04. The third-order valence-electron chi connectivity index (χ3n) is 2.66. The summed E-state index contributed by atoms with van der Waals surface area (Å²) in [6.45, 7) is 5.27. The van der Waals surface area contributed by atoms with E-state index in [4.69, 9.17) is 0 Å². The van der Waals surface area contributed by atoms with Crippen molar-refractivity contribution in [2.75, 3.05) is 5.75 Å². The van der Waals surface area contributed by atoms with E-state index >= 15 is 0 Å². The van der Waals surface area contributed by atoms with Gasteiger partial charge in [0.15, 0.2) is 5.17 Å². The first-order chi connectivity index (χ1) is 8.24. The van der Waals surface area contributed by atoms with Crippen LogP contribution in [0, 0.1) is 5.92 Å². The molecule has 0 bridgehead atoms. The number of hydrogen-bond acceptors (Lipinski definition) is 3. The number of thioether (sulfide) groups is 1. The van der Waals surface area contributed by atoms with Gasteiger partial charge in [0.1, 0.15) is 0 Å². The predicted molar refractivity (Wildman–Crippen MR) is 74.2 cm³/mol. The summed E-state index contributed by atoms with van der Waals surface area (Å²) in [6.07, 6.45) is 4.85. The van der Waals surface area contributed by atoms with Gasteiger partial charge in [-0.2, -0.15) is 0 Å². The zero-order valence-electron chi connectivity index (χ0n) is 10.4. The fraction of sp³-hybridized carbons (Fsp3) is 0.538. The molecule has 1 aromatic heterocycles. The number of rotatable bonds is 4. The molecule has 1 saturated heterocycles. The summed E-state index contributed by atoms with van der Waals surface area (Å²) in [4.78, 5) is 8.59. The van der Waals surface area contributed by atoms with E-state index in [9.17, 15) is 0 Å². The van der Waals surface area contributed by atoms with Gasteiger partial charge in [0.2, 0.25) is 0 Å². The minimum atomic E-state index is 0.594. The molecule has 1 fully saturated rings. The highest BCUT2D eigenvalue weighted by atomic mass is 32.2. The first-order valence-electron chi connectivity index (χ1n) is 6.06. The van der Waals surface area contributed by atoms with Gasteiger partial charge in [0.05, 0.1) is 6.54 Å². The molecular weight excluding hydrogens is 230 g/mol. The largest absolute Gasteiger partial charge is 0.361 e. The lowest BCUT2D eigenvalue weighted by Crippen LogP contribution is -2.28. The van der Waals surface area contributed by atoms with E-state index in [1.807, 2.05) is 36.3 Å². The lowest BCUT2D eigenvalue weighted by atomic mass is 10.1. The van der Waals surface area contributed by atoms with E-state index in [0.29, 0.717) is 6.04 Å². The molecule has 4 heteroatoms. The van der Waals surface area contributed by atoms with Gasteiger partial charge in [-0.3, -0.25) is 9.98 Å². The Morgan fingerprint density at radius 3 is 2.94 bits per heavy atom. The molecule has 1 N–H and O–H groups in total. The van der Waals surface area contributed by atoms with Gasteiger partial charge < -0.3 is 5.32 Å². The van der Waals surface area contributed by atoms with E-state index < -0.39 is 0 Å². The van der Waals surface area contributed by atoms with Crippen molar-refractivity contribution in [2.45, 2.75) is 32.9 Å². The van der Waals surface area contributed by atoms with Crippen LogP contribution in [-0.2, 0) is 6.54 Å². The molecule has 1 aliphatic heterocycles. The quantitative estimate of drug-likeness (QED) is 0.891. The van der Waals surface area contributed by atoms with Crippen LogP contribution >= 0.6 is 11.8 Å². The summed E-state index contributed by atoms with van der Waals surface area (Å²) >= 11 is 1.83. The summed E-state index contributed by atoms with van der Waals surface area (Å²) in [5.41, 5.74) is 1.21. The summed E-state index contributed by atoms with van der Waals surface area (Å²) in [5, 5.41) is 4.58. The van der Waals surface area contributed by atoms with Gasteiger partial charge in [-0.1, -0.05) is 25.6 Å². The number of nitrogens with one attached hydrogen (secondary N) is 1. The van der Waals surface area contributed by atoms with Crippen LogP contribution in [0.15, 0.2) is 29.5 Å². The Balaban J connectivity index is 1.84. The molecule has 0 spiro atoms. The van der Waals surface area contributed by atoms with Gasteiger partial charge in [0.25, 0.3) is 0 Å². The van der Waals surface area contributed by atoms with Crippen LogP contribution in [0.25, 0.3) is 0 Å². The van der Waals surface area contributed by atoms with Crippen molar-refractivity contribution in [2.24, 2.45) is 10.9 Å². The molecule has 0 amide bonds. The fourth-order valence-corrected chi connectivity index (χ4v) is 2.86. The average Bonchev–Trinajstić information content (AvgIpc) is 2.75. The molecule has 0 radical (unpaired) electrons. The number of amidine groups is 1. The third-order valence-corrected chi connectivity index (χ3v) is 3.75. The topological polar surface area (TPSA) is 37.3 Å². The van der Waals surface area contributed by atoms with Crippen molar-refractivity contribution in [3.05, 3.63) is 30.1 Å². The number of hydrogen-bond donors (Lipinski definition) is 1. The second kappa shape index (κ2) is 6.05. The zero-order valence-corrected chi connectivity index (χ0v) is 11.2. The molecule has 2 heterocycles. The maximum atomic E-state index is 4.59. The molecule has 1 aromatic rings. The molecule has 0 aliphatic carbocycles. The lowest BCUT2D eigenvalue weighted by molar-refractivity contribution is 0.502. The van der Waals surface area contributed by atoms with Crippen LogP contribution in [0.2, 0.25) is 0 Å². The minimum absolute atomic E-state index is 0.594. The summed E-state index contributed by atoms with van der Waals surface area (Å²) in [6, 6.07) is 4.61. The molecule has 3 nitrogen and oxygen atoms in total. The molecule has 1 unspecified atom stereocenters. The molecule has 1 atom stereocenters. The first-order valence-corrected chi connectivity index (χ1v) is 7.05. The summed E-state index contributed by atoms with van der Waals surface area (Å²) < 4.78 is 0. The Morgan fingerprint density at radius 1 is 1.47 bits per heavy atom. The first kappa shape index (κ1) is 12.4. The average molecular weight is 249 g/mol. The van der Waals surface area contributed by atoms with E-state index in [0.717, 1.165) is 23.4 Å². The van der Waals surface area contributed by atoms with Crippen molar-refractivity contribution in [3.8, 4) is 0 Å². The fourth-order valence-electron chi connectivity index (χ4n) is 1.88. The van der Waals surface area contributed by atoms with Crippen molar-refractivity contribution in [3.63, 3.8) is 0 Å². The summed E-state index contributed by atoms with van der Waals surface area (Å²) in [7, 11) is 0. The van der Waals surface area contributed by atoms with Crippen LogP contribution in [-0.4, -0.2) is 21.9 Å². The maximum absolute atomic E-state index is 4.59. The van der Waals surface area contributed by atoms with E-state index in [1.54, 1.807) is 0 Å². The highest BCUT2D eigenvalue weighted by Gasteiger charge is 2.20. The second-order valence-electron chi connectivity index (χ2n) is 4.76. The van der Waals surface area contributed by atoms with E-state index in [1.165, 1.54) is 12.0 Å². The van der Waals surface area contributed by atoms with Gasteiger partial charge in [-0.05, 0) is 30.0 Å². The van der Waals surface area contributed by atoms with Crippen molar-refractivity contribution in [1.82, 2.24) is 10.3 Å². The van der Waals surface area contributed by atoms with Crippen LogP contribution in [0.5, 0.6) is 0 Å². The highest BCUT2D eigenvalue weighted by molar-refractivity contribution is 8.14. The molecule has 2 rings (SSSR count). The molecule has 0 saturated carbocycles. The second-order valence-corrected chi connectivity index (χ2v) is 5.77. The van der Waals surface area contributed by atoms with E-state index in [2.05, 4.69) is 29.1 Å². The monoisotopic (exact) mass is 249 g/mol. The Bertz CT molecular complexity index is 376. The van der Waals surface area contributed by atoms with Crippen LogP contribution in [0.1, 0.15) is 25.8 Å². The van der Waals surface area contributed by atoms with Crippen LogP contribution < -0.4 is 5.32 Å². The summed E-state index contributed by atoms with van der Waals surface area (Å²) in [5.74, 6) is 1.89. The van der Waals surface area contributed by atoms with Crippen LogP contribution in [0.3, 0.4) is 0 Å². The smallest absolute Gasteiger partial charge is 0.157 e. The van der Waals surface area contributed by atoms with E-state index in [-0.39, 0.29) is 0 Å². The van der Waals surface area contributed by atoms with Crippen molar-refractivity contribution in [1.29, 1.82) is 0 Å². The molecule has 92 valence electrons. The molecule has 1 aliphatic rings. The van der Waals surface area contributed by atoms with Crippen LogP contribution in [0.4, 0.5) is 0 Å². The molecule has 17 heavy (non-hydrogen) atoms.